The summed E-state index contributed by atoms with van der Waals surface area (Å²) in [4.78, 5) is 11.8. The highest BCUT2D eigenvalue weighted by Gasteiger charge is 2.22. The zero-order valence-electron chi connectivity index (χ0n) is 14.7. The number of ether oxygens (including phenoxy) is 2. The predicted molar refractivity (Wildman–Crippen MR) is 89.3 cm³/mol. The van der Waals surface area contributed by atoms with Gasteiger partial charge in [0.2, 0.25) is 0 Å². The minimum atomic E-state index is -3.72. The van der Waals surface area contributed by atoms with E-state index in [1.165, 1.54) is 12.1 Å². The van der Waals surface area contributed by atoms with Crippen molar-refractivity contribution in [2.45, 2.75) is 52.0 Å². The standard InChI is InChI=1S/C17H26O5S/c1-16(2,3)12-21-15(18)11-23(19,20)14-9-7-13(8-10-14)22-17(4,5)6/h7-10H,11-12H2,1-6H3. The van der Waals surface area contributed by atoms with Gasteiger partial charge in [-0.25, -0.2) is 8.42 Å². The predicted octanol–water partition coefficient (Wildman–Crippen LogP) is 3.23. The topological polar surface area (TPSA) is 69.7 Å². The van der Waals surface area contributed by atoms with Gasteiger partial charge in [-0.15, -0.1) is 0 Å². The van der Waals surface area contributed by atoms with Crippen molar-refractivity contribution >= 4 is 15.8 Å². The third-order valence-electron chi connectivity index (χ3n) is 2.58. The Morgan fingerprint density at radius 1 is 1.00 bits per heavy atom. The van der Waals surface area contributed by atoms with Crippen LogP contribution in [0.3, 0.4) is 0 Å². The van der Waals surface area contributed by atoms with Crippen LogP contribution in [0.4, 0.5) is 0 Å². The summed E-state index contributed by atoms with van der Waals surface area (Å²) in [6.07, 6.45) is 0. The van der Waals surface area contributed by atoms with Crippen LogP contribution in [0.15, 0.2) is 29.2 Å². The third-order valence-corrected chi connectivity index (χ3v) is 4.19. The number of hydrogen-bond acceptors (Lipinski definition) is 5. The van der Waals surface area contributed by atoms with E-state index < -0.39 is 21.6 Å². The molecule has 130 valence electrons. The Labute approximate surface area is 138 Å². The largest absolute Gasteiger partial charge is 0.488 e. The van der Waals surface area contributed by atoms with Gasteiger partial charge in [-0.2, -0.15) is 0 Å². The van der Waals surface area contributed by atoms with Gasteiger partial charge < -0.3 is 9.47 Å². The smallest absolute Gasteiger partial charge is 0.321 e. The number of esters is 1. The minimum absolute atomic E-state index is 0.0754. The van der Waals surface area contributed by atoms with Crippen molar-refractivity contribution in [1.82, 2.24) is 0 Å². The van der Waals surface area contributed by atoms with Gasteiger partial charge in [-0.1, -0.05) is 20.8 Å². The summed E-state index contributed by atoms with van der Waals surface area (Å²) in [5.74, 6) is -0.829. The molecule has 0 radical (unpaired) electrons. The van der Waals surface area contributed by atoms with Crippen molar-refractivity contribution in [2.24, 2.45) is 5.41 Å². The number of carbonyl (C=O) groups is 1. The van der Waals surface area contributed by atoms with E-state index in [0.29, 0.717) is 5.75 Å². The van der Waals surface area contributed by atoms with Crippen molar-refractivity contribution in [3.63, 3.8) is 0 Å². The monoisotopic (exact) mass is 342 g/mol. The first-order valence-corrected chi connectivity index (χ1v) is 9.11. The minimum Gasteiger partial charge on any atom is -0.488 e. The zero-order valence-corrected chi connectivity index (χ0v) is 15.5. The molecule has 23 heavy (non-hydrogen) atoms. The first-order chi connectivity index (χ1) is 10.3. The maximum atomic E-state index is 12.2. The lowest BCUT2D eigenvalue weighted by atomic mass is 9.99. The maximum Gasteiger partial charge on any atom is 0.321 e. The number of hydrogen-bond donors (Lipinski definition) is 0. The second-order valence-corrected chi connectivity index (χ2v) is 9.66. The molecule has 0 atom stereocenters. The average Bonchev–Trinajstić information content (AvgIpc) is 2.34. The SMILES string of the molecule is CC(C)(C)COC(=O)CS(=O)(=O)c1ccc(OC(C)(C)C)cc1. The molecule has 0 saturated heterocycles. The molecule has 1 aromatic rings. The second kappa shape index (κ2) is 6.91. The van der Waals surface area contributed by atoms with E-state index >= 15 is 0 Å². The van der Waals surface area contributed by atoms with Gasteiger partial charge in [0.15, 0.2) is 15.6 Å². The molecule has 0 aliphatic rings. The molecule has 0 saturated carbocycles. The van der Waals surface area contributed by atoms with Crippen molar-refractivity contribution < 1.29 is 22.7 Å². The molecule has 0 N–H and O–H groups in total. The van der Waals surface area contributed by atoms with Crippen LogP contribution in [0.2, 0.25) is 0 Å². The van der Waals surface area contributed by atoms with E-state index in [0.717, 1.165) is 0 Å². The van der Waals surface area contributed by atoms with E-state index in [2.05, 4.69) is 0 Å². The molecule has 0 aromatic heterocycles. The molecule has 0 aliphatic carbocycles. The van der Waals surface area contributed by atoms with Gasteiger partial charge in [-0.3, -0.25) is 4.79 Å². The highest BCUT2D eigenvalue weighted by atomic mass is 32.2. The molecule has 0 bridgehead atoms. The number of sulfone groups is 1. The van der Waals surface area contributed by atoms with Crippen LogP contribution in [0.5, 0.6) is 5.75 Å². The Kier molecular flexibility index (Phi) is 5.85. The number of benzene rings is 1. The van der Waals surface area contributed by atoms with Gasteiger partial charge in [0.25, 0.3) is 0 Å². The van der Waals surface area contributed by atoms with Gasteiger partial charge >= 0.3 is 5.97 Å². The molecule has 0 amide bonds. The fraction of sp³-hybridized carbons (Fsp3) is 0.588. The molecule has 1 aromatic carbocycles. The summed E-state index contributed by atoms with van der Waals surface area (Å²) < 4.78 is 35.1. The molecule has 0 aliphatic heterocycles. The first kappa shape index (κ1) is 19.5. The summed E-state index contributed by atoms with van der Waals surface area (Å²) in [6, 6.07) is 6.04. The normalized spacial score (nSPS) is 12.8. The summed E-state index contributed by atoms with van der Waals surface area (Å²) in [5, 5.41) is 0. The Bertz CT molecular complexity index is 631. The molecule has 0 unspecified atom stereocenters. The van der Waals surface area contributed by atoms with E-state index in [1.54, 1.807) is 12.1 Å². The van der Waals surface area contributed by atoms with Crippen LogP contribution in [0.1, 0.15) is 41.5 Å². The van der Waals surface area contributed by atoms with E-state index in [-0.39, 0.29) is 22.5 Å². The molecule has 0 fully saturated rings. The highest BCUT2D eigenvalue weighted by molar-refractivity contribution is 7.92. The lowest BCUT2D eigenvalue weighted by Crippen LogP contribution is -2.24. The van der Waals surface area contributed by atoms with Crippen molar-refractivity contribution in [1.29, 1.82) is 0 Å². The maximum absolute atomic E-state index is 12.2. The van der Waals surface area contributed by atoms with Gasteiger partial charge in [0.1, 0.15) is 11.4 Å². The first-order valence-electron chi connectivity index (χ1n) is 7.46. The fourth-order valence-corrected chi connectivity index (χ4v) is 2.76. The van der Waals surface area contributed by atoms with Crippen LogP contribution >= 0.6 is 0 Å². The van der Waals surface area contributed by atoms with Crippen molar-refractivity contribution in [3.05, 3.63) is 24.3 Å². The summed E-state index contributed by atoms with van der Waals surface area (Å²) >= 11 is 0. The second-order valence-electron chi connectivity index (χ2n) is 7.67. The van der Waals surface area contributed by atoms with Crippen LogP contribution in [-0.2, 0) is 19.4 Å². The third kappa shape index (κ3) is 7.50. The van der Waals surface area contributed by atoms with Crippen molar-refractivity contribution in [2.75, 3.05) is 12.4 Å². The van der Waals surface area contributed by atoms with Crippen molar-refractivity contribution in [3.8, 4) is 5.75 Å². The Morgan fingerprint density at radius 2 is 1.52 bits per heavy atom. The van der Waals surface area contributed by atoms with Crippen LogP contribution in [0.25, 0.3) is 0 Å². The van der Waals surface area contributed by atoms with Gasteiger partial charge in [0.05, 0.1) is 11.5 Å². The summed E-state index contributed by atoms with van der Waals surface area (Å²) in [6.45, 7) is 11.6. The summed E-state index contributed by atoms with van der Waals surface area (Å²) in [5.41, 5.74) is -0.567. The lowest BCUT2D eigenvalue weighted by Gasteiger charge is -2.21. The quantitative estimate of drug-likeness (QED) is 0.768. The van der Waals surface area contributed by atoms with Gasteiger partial charge in [0, 0.05) is 0 Å². The number of carbonyl (C=O) groups excluding carboxylic acids is 1. The molecule has 6 heteroatoms. The fourth-order valence-electron chi connectivity index (χ4n) is 1.65. The number of rotatable bonds is 5. The Morgan fingerprint density at radius 3 is 1.96 bits per heavy atom. The van der Waals surface area contributed by atoms with Crippen LogP contribution in [-0.4, -0.2) is 32.3 Å². The molecular formula is C17H26O5S. The Balaban J connectivity index is 2.75. The van der Waals surface area contributed by atoms with Crippen LogP contribution in [0, 0.1) is 5.41 Å². The van der Waals surface area contributed by atoms with Gasteiger partial charge in [-0.05, 0) is 50.5 Å². The highest BCUT2D eigenvalue weighted by Crippen LogP contribution is 2.21. The zero-order chi connectivity index (χ0) is 17.9. The van der Waals surface area contributed by atoms with E-state index in [9.17, 15) is 13.2 Å². The summed E-state index contributed by atoms with van der Waals surface area (Å²) in [7, 11) is -3.72. The van der Waals surface area contributed by atoms with E-state index in [4.69, 9.17) is 9.47 Å². The molecule has 0 heterocycles. The van der Waals surface area contributed by atoms with E-state index in [1.807, 2.05) is 41.5 Å². The molecule has 1 rings (SSSR count). The molecule has 0 spiro atoms. The Hall–Kier alpha value is -1.56. The lowest BCUT2D eigenvalue weighted by molar-refractivity contribution is -0.143. The average molecular weight is 342 g/mol. The molecule has 5 nitrogen and oxygen atoms in total. The van der Waals surface area contributed by atoms with Crippen LogP contribution < -0.4 is 4.74 Å². The molecular weight excluding hydrogens is 316 g/mol.